The monoisotopic (exact) mass is 591 g/mol. The van der Waals surface area contributed by atoms with Gasteiger partial charge in [-0.2, -0.15) is 10.4 Å². The first-order chi connectivity index (χ1) is 20.2. The van der Waals surface area contributed by atoms with E-state index in [4.69, 9.17) is 11.5 Å². The summed E-state index contributed by atoms with van der Waals surface area (Å²) >= 11 is 0. The van der Waals surface area contributed by atoms with Crippen LogP contribution in [-0.4, -0.2) is 68.7 Å². The van der Waals surface area contributed by atoms with Gasteiger partial charge >= 0.3 is 0 Å². The Morgan fingerprint density at radius 3 is 2.57 bits per heavy atom. The summed E-state index contributed by atoms with van der Waals surface area (Å²) < 4.78 is 46.4. The number of halogens is 2. The molecule has 218 valence electrons. The van der Waals surface area contributed by atoms with E-state index < -0.39 is 45.5 Å². The molecule has 2 aromatic heterocycles. The number of hydrogen-bond acceptors (Lipinski definition) is 7. The summed E-state index contributed by atoms with van der Waals surface area (Å²) in [6.07, 6.45) is 7.66. The highest BCUT2D eigenvalue weighted by molar-refractivity contribution is 7.93. The Labute approximate surface area is 244 Å². The van der Waals surface area contributed by atoms with Gasteiger partial charge in [-0.25, -0.2) is 27.0 Å². The van der Waals surface area contributed by atoms with E-state index in [9.17, 15) is 23.0 Å². The number of nitriles is 1. The fourth-order valence-electron chi connectivity index (χ4n) is 5.61. The Morgan fingerprint density at radius 1 is 1.21 bits per heavy atom. The van der Waals surface area contributed by atoms with Gasteiger partial charge in [0.25, 0.3) is 0 Å². The van der Waals surface area contributed by atoms with Crippen molar-refractivity contribution < 1.29 is 17.8 Å². The minimum Gasteiger partial charge on any atom is -0.370 e. The maximum absolute atomic E-state index is 14.6. The molecule has 3 heterocycles. The second kappa shape index (κ2) is 12.3. The number of amides is 1. The summed E-state index contributed by atoms with van der Waals surface area (Å²) in [5.74, 6) is 1.40. The van der Waals surface area contributed by atoms with Crippen molar-refractivity contribution in [1.29, 1.82) is 5.26 Å². The molecule has 2 fully saturated rings. The van der Waals surface area contributed by atoms with Gasteiger partial charge in [0.05, 0.1) is 11.9 Å². The summed E-state index contributed by atoms with van der Waals surface area (Å²) in [6.45, 7) is 1.28. The molecule has 4 atom stereocenters. The van der Waals surface area contributed by atoms with Crippen LogP contribution < -0.4 is 10.2 Å². The van der Waals surface area contributed by atoms with Crippen LogP contribution in [0.3, 0.4) is 0 Å². The van der Waals surface area contributed by atoms with Crippen molar-refractivity contribution in [2.75, 3.05) is 36.5 Å². The van der Waals surface area contributed by atoms with E-state index in [1.54, 1.807) is 13.2 Å². The van der Waals surface area contributed by atoms with Crippen molar-refractivity contribution in [2.45, 2.75) is 37.4 Å². The number of rotatable bonds is 6. The van der Waals surface area contributed by atoms with Gasteiger partial charge in [0.2, 0.25) is 5.91 Å². The van der Waals surface area contributed by atoms with Gasteiger partial charge in [0.1, 0.15) is 18.1 Å². The number of hydrogen-bond donors (Lipinski definition) is 1. The predicted octanol–water partition coefficient (Wildman–Crippen LogP) is 3.85. The fraction of sp³-hybridized carbons (Fsp3) is 0.400. The largest absolute Gasteiger partial charge is 0.370 e. The summed E-state index contributed by atoms with van der Waals surface area (Å²) in [5.41, 5.74) is 3.12. The Balaban J connectivity index is 1.51. The first-order valence-corrected chi connectivity index (χ1v) is 15.6. The molecule has 1 N–H and O–H groups in total. The maximum atomic E-state index is 14.6. The SMILES string of the molecule is C#C[C@@H](C#N)NC(=O)[C@@H]1C[C@@H](F)CC[C@H]1c1nn(-c2ccc(F)cn2)cc1-c1ccc(N2CCS(=O)(=NC)CC2)cc1. The highest BCUT2D eigenvalue weighted by atomic mass is 32.2. The summed E-state index contributed by atoms with van der Waals surface area (Å²) in [7, 11) is -0.529. The van der Waals surface area contributed by atoms with E-state index in [1.807, 2.05) is 30.3 Å². The number of terminal acetylenes is 1. The van der Waals surface area contributed by atoms with E-state index in [0.717, 1.165) is 23.0 Å². The molecule has 9 nitrogen and oxygen atoms in total. The molecular formula is C30H31F2N7O2S. The molecule has 1 aliphatic carbocycles. The minimum absolute atomic E-state index is 0.0263. The lowest BCUT2D eigenvalue weighted by atomic mass is 9.74. The molecule has 1 amide bonds. The van der Waals surface area contributed by atoms with Crippen LogP contribution in [-0.2, 0) is 14.5 Å². The van der Waals surface area contributed by atoms with E-state index >= 15 is 0 Å². The van der Waals surface area contributed by atoms with Gasteiger partial charge < -0.3 is 10.2 Å². The van der Waals surface area contributed by atoms with Crippen LogP contribution in [0, 0.1) is 35.4 Å². The Bertz CT molecular complexity index is 1620. The molecule has 0 radical (unpaired) electrons. The smallest absolute Gasteiger partial charge is 0.225 e. The first kappa shape index (κ1) is 29.2. The van der Waals surface area contributed by atoms with Crippen LogP contribution in [0.15, 0.2) is 53.2 Å². The second-order valence-electron chi connectivity index (χ2n) is 10.5. The van der Waals surface area contributed by atoms with Crippen molar-refractivity contribution in [3.05, 3.63) is 60.3 Å². The quantitative estimate of drug-likeness (QED) is 0.436. The molecule has 5 rings (SSSR count). The summed E-state index contributed by atoms with van der Waals surface area (Å²) in [5, 5.41) is 16.6. The highest BCUT2D eigenvalue weighted by Crippen LogP contribution is 2.43. The minimum atomic E-state index is -2.14. The molecule has 12 heteroatoms. The molecule has 0 unspecified atom stereocenters. The molecule has 2 aliphatic rings. The molecule has 1 saturated heterocycles. The molecule has 0 spiro atoms. The van der Waals surface area contributed by atoms with Crippen molar-refractivity contribution in [3.8, 4) is 35.4 Å². The van der Waals surface area contributed by atoms with Crippen LogP contribution in [0.1, 0.15) is 30.9 Å². The lowest BCUT2D eigenvalue weighted by Crippen LogP contribution is -2.42. The van der Waals surface area contributed by atoms with Gasteiger partial charge in [-0.1, -0.05) is 18.1 Å². The topological polar surface area (TPSA) is 116 Å². The number of aromatic nitrogens is 3. The van der Waals surface area contributed by atoms with Gasteiger partial charge in [0, 0.05) is 70.7 Å². The molecule has 1 aliphatic heterocycles. The summed E-state index contributed by atoms with van der Waals surface area (Å²) in [6, 6.07) is 11.4. The Kier molecular flexibility index (Phi) is 8.55. The first-order valence-electron chi connectivity index (χ1n) is 13.7. The van der Waals surface area contributed by atoms with Crippen LogP contribution >= 0.6 is 0 Å². The summed E-state index contributed by atoms with van der Waals surface area (Å²) in [4.78, 5) is 19.6. The van der Waals surface area contributed by atoms with Crippen LogP contribution in [0.25, 0.3) is 16.9 Å². The molecule has 42 heavy (non-hydrogen) atoms. The number of alkyl halides is 1. The average Bonchev–Trinajstić information content (AvgIpc) is 3.46. The second-order valence-corrected chi connectivity index (χ2v) is 13.2. The molecule has 1 aromatic carbocycles. The zero-order chi connectivity index (χ0) is 29.9. The lowest BCUT2D eigenvalue weighted by Gasteiger charge is -2.32. The van der Waals surface area contributed by atoms with Crippen LogP contribution in [0.2, 0.25) is 0 Å². The van der Waals surface area contributed by atoms with Crippen LogP contribution in [0.4, 0.5) is 14.5 Å². The van der Waals surface area contributed by atoms with Gasteiger partial charge in [-0.3, -0.25) is 4.79 Å². The zero-order valence-corrected chi connectivity index (χ0v) is 23.9. The van der Waals surface area contributed by atoms with Crippen molar-refractivity contribution >= 4 is 21.3 Å². The van der Waals surface area contributed by atoms with Crippen molar-refractivity contribution in [1.82, 2.24) is 20.1 Å². The van der Waals surface area contributed by atoms with E-state index in [2.05, 4.69) is 25.5 Å². The highest BCUT2D eigenvalue weighted by Gasteiger charge is 2.39. The third-order valence-electron chi connectivity index (χ3n) is 7.98. The number of carbonyl (C=O) groups excluding carboxylic acids is 1. The maximum Gasteiger partial charge on any atom is 0.225 e. The van der Waals surface area contributed by atoms with Crippen molar-refractivity contribution in [2.24, 2.45) is 10.3 Å². The molecule has 3 aromatic rings. The van der Waals surface area contributed by atoms with Gasteiger partial charge in [0.15, 0.2) is 11.9 Å². The van der Waals surface area contributed by atoms with E-state index in [1.165, 1.54) is 16.8 Å². The third kappa shape index (κ3) is 6.14. The number of carbonyl (C=O) groups is 1. The van der Waals surface area contributed by atoms with Crippen LogP contribution in [0.5, 0.6) is 0 Å². The average molecular weight is 592 g/mol. The van der Waals surface area contributed by atoms with Crippen molar-refractivity contribution in [3.63, 3.8) is 0 Å². The third-order valence-corrected chi connectivity index (χ3v) is 10.3. The van der Waals surface area contributed by atoms with E-state index in [0.29, 0.717) is 42.5 Å². The van der Waals surface area contributed by atoms with E-state index in [-0.39, 0.29) is 12.8 Å². The standard InChI is InChI=1S/C30H31F2N7O2S/c1-3-23(17-33)36-30(40)26-16-21(31)6-10-25(26)29-27(19-39(37-29)28-11-7-22(32)18-35-28)20-4-8-24(9-5-20)38-12-14-42(41,34-2)15-13-38/h1,4-5,7-9,11,18-19,21,23,25-26H,6,10,12-16H2,2H3,(H,36,40)/t21-,23-,25+,26+/m0/s1. The molecule has 0 bridgehead atoms. The number of pyridine rings is 1. The number of anilines is 1. The molecular weight excluding hydrogens is 560 g/mol. The zero-order valence-electron chi connectivity index (χ0n) is 23.1. The normalized spacial score (nSPS) is 22.4. The number of nitrogens with one attached hydrogen (secondary N) is 1. The van der Waals surface area contributed by atoms with Gasteiger partial charge in [-0.15, -0.1) is 6.42 Å². The Morgan fingerprint density at radius 2 is 1.95 bits per heavy atom. The van der Waals surface area contributed by atoms with Gasteiger partial charge in [-0.05, 0) is 49.1 Å². The predicted molar refractivity (Wildman–Crippen MR) is 157 cm³/mol. The molecule has 1 saturated carbocycles. The number of benzene rings is 1. The fourth-order valence-corrected chi connectivity index (χ4v) is 7.19. The Hall–Kier alpha value is -4.29. The number of nitrogens with zero attached hydrogens (tertiary/aromatic N) is 6. The lowest BCUT2D eigenvalue weighted by molar-refractivity contribution is -0.127.